The Labute approximate surface area is 115 Å². The number of benzene rings is 1. The summed E-state index contributed by atoms with van der Waals surface area (Å²) in [5.41, 5.74) is 0. The van der Waals surface area contributed by atoms with Gasteiger partial charge in [-0.15, -0.1) is 0 Å². The third kappa shape index (κ3) is 6.82. The summed E-state index contributed by atoms with van der Waals surface area (Å²) in [5.74, 6) is 0.743. The monoisotopic (exact) mass is 264 g/mol. The molecule has 0 spiro atoms. The lowest BCUT2D eigenvalue weighted by atomic mass is 10.3. The highest BCUT2D eigenvalue weighted by atomic mass is 16.5. The van der Waals surface area contributed by atoms with Gasteiger partial charge < -0.3 is 15.4 Å². The molecule has 0 saturated heterocycles. The normalized spacial score (nSPS) is 11.9. The van der Waals surface area contributed by atoms with Crippen molar-refractivity contribution in [3.8, 4) is 5.75 Å². The van der Waals surface area contributed by atoms with E-state index >= 15 is 0 Å². The topological polar surface area (TPSA) is 50.4 Å². The number of para-hydroxylation sites is 1. The first-order valence-electron chi connectivity index (χ1n) is 6.98. The summed E-state index contributed by atoms with van der Waals surface area (Å²) < 4.78 is 5.70. The van der Waals surface area contributed by atoms with Gasteiger partial charge in [-0.25, -0.2) is 0 Å². The molecule has 4 heteroatoms. The second-order valence-corrected chi connectivity index (χ2v) is 4.43. The minimum atomic E-state index is -0.275. The Kier molecular flexibility index (Phi) is 7.66. The molecule has 0 fully saturated rings. The van der Waals surface area contributed by atoms with E-state index in [2.05, 4.69) is 17.6 Å². The van der Waals surface area contributed by atoms with Gasteiger partial charge in [0.15, 0.2) is 6.23 Å². The highest BCUT2D eigenvalue weighted by molar-refractivity contribution is 5.78. The third-order valence-corrected chi connectivity index (χ3v) is 2.71. The van der Waals surface area contributed by atoms with E-state index in [1.165, 1.54) is 0 Å². The van der Waals surface area contributed by atoms with Crippen molar-refractivity contribution in [2.45, 2.75) is 39.3 Å². The maximum atomic E-state index is 11.7. The summed E-state index contributed by atoms with van der Waals surface area (Å²) in [5, 5.41) is 5.98. The molecular weight excluding hydrogens is 240 g/mol. The molecule has 1 rings (SSSR count). The lowest BCUT2D eigenvalue weighted by Crippen LogP contribution is -2.43. The zero-order valence-electron chi connectivity index (χ0n) is 11.8. The van der Waals surface area contributed by atoms with Gasteiger partial charge in [0.1, 0.15) is 5.75 Å². The van der Waals surface area contributed by atoms with Gasteiger partial charge in [0.25, 0.3) is 0 Å². The maximum absolute atomic E-state index is 11.7. The molecule has 1 aromatic rings. The first-order chi connectivity index (χ1) is 9.26. The highest BCUT2D eigenvalue weighted by Gasteiger charge is 2.11. The van der Waals surface area contributed by atoms with Crippen LogP contribution in [-0.2, 0) is 4.79 Å². The van der Waals surface area contributed by atoms with E-state index in [1.807, 2.05) is 37.3 Å². The Balaban J connectivity index is 2.29. The van der Waals surface area contributed by atoms with Crippen LogP contribution in [0, 0.1) is 0 Å². The summed E-state index contributed by atoms with van der Waals surface area (Å²) in [4.78, 5) is 11.7. The minimum Gasteiger partial charge on any atom is -0.471 e. The van der Waals surface area contributed by atoms with E-state index in [4.69, 9.17) is 4.74 Å². The van der Waals surface area contributed by atoms with Crippen LogP contribution in [0.2, 0.25) is 0 Å². The number of ether oxygens (including phenoxy) is 1. The van der Waals surface area contributed by atoms with Gasteiger partial charge in [-0.05, 0) is 25.1 Å². The smallest absolute Gasteiger partial charge is 0.236 e. The van der Waals surface area contributed by atoms with Crippen molar-refractivity contribution in [3.05, 3.63) is 30.3 Å². The molecule has 1 aromatic carbocycles. The second kappa shape index (κ2) is 9.39. The van der Waals surface area contributed by atoms with E-state index in [0.717, 1.165) is 31.6 Å². The van der Waals surface area contributed by atoms with Gasteiger partial charge in [0.2, 0.25) is 5.91 Å². The van der Waals surface area contributed by atoms with Crippen LogP contribution in [0.3, 0.4) is 0 Å². The molecule has 1 unspecified atom stereocenters. The highest BCUT2D eigenvalue weighted by Crippen LogP contribution is 2.11. The Morgan fingerprint density at radius 3 is 2.63 bits per heavy atom. The molecule has 2 N–H and O–H groups in total. The molecule has 0 bridgehead atoms. The molecule has 0 saturated carbocycles. The van der Waals surface area contributed by atoms with Crippen LogP contribution in [0.1, 0.15) is 33.1 Å². The molecule has 0 aromatic heterocycles. The van der Waals surface area contributed by atoms with Crippen molar-refractivity contribution < 1.29 is 9.53 Å². The molecule has 0 radical (unpaired) electrons. The fourth-order valence-corrected chi connectivity index (χ4v) is 1.61. The maximum Gasteiger partial charge on any atom is 0.236 e. The molecule has 0 heterocycles. The number of nitrogens with one attached hydrogen (secondary N) is 2. The molecule has 1 amide bonds. The fraction of sp³-hybridized carbons (Fsp3) is 0.533. The number of hydrogen-bond acceptors (Lipinski definition) is 3. The van der Waals surface area contributed by atoms with Crippen molar-refractivity contribution in [1.82, 2.24) is 10.6 Å². The van der Waals surface area contributed by atoms with Crippen LogP contribution >= 0.6 is 0 Å². The van der Waals surface area contributed by atoms with E-state index < -0.39 is 0 Å². The van der Waals surface area contributed by atoms with E-state index in [9.17, 15) is 4.79 Å². The third-order valence-electron chi connectivity index (χ3n) is 2.71. The standard InChI is InChI=1S/C15H24N2O2/c1-3-5-11-16-12-14(18)17-15(4-2)19-13-9-7-6-8-10-13/h6-10,15-16H,3-5,11-12H2,1-2H3,(H,17,18). The largest absolute Gasteiger partial charge is 0.471 e. The molecular formula is C15H24N2O2. The lowest BCUT2D eigenvalue weighted by molar-refractivity contribution is -0.122. The van der Waals surface area contributed by atoms with Crippen molar-refractivity contribution in [3.63, 3.8) is 0 Å². The van der Waals surface area contributed by atoms with Crippen LogP contribution in [0.15, 0.2) is 30.3 Å². The van der Waals surface area contributed by atoms with E-state index in [-0.39, 0.29) is 12.1 Å². The number of rotatable bonds is 9. The van der Waals surface area contributed by atoms with Crippen LogP contribution in [0.25, 0.3) is 0 Å². The zero-order valence-corrected chi connectivity index (χ0v) is 11.8. The van der Waals surface area contributed by atoms with E-state index in [1.54, 1.807) is 0 Å². The minimum absolute atomic E-state index is 0.0288. The summed E-state index contributed by atoms with van der Waals surface area (Å²) in [6.45, 7) is 5.33. The average molecular weight is 264 g/mol. The number of unbranched alkanes of at least 4 members (excludes halogenated alkanes) is 1. The molecule has 0 aliphatic carbocycles. The van der Waals surface area contributed by atoms with Crippen molar-refractivity contribution in [2.75, 3.05) is 13.1 Å². The first kappa shape index (κ1) is 15.5. The van der Waals surface area contributed by atoms with Crippen molar-refractivity contribution >= 4 is 5.91 Å². The number of carbonyl (C=O) groups is 1. The molecule has 0 aliphatic rings. The van der Waals surface area contributed by atoms with Gasteiger partial charge in [0, 0.05) is 6.42 Å². The van der Waals surface area contributed by atoms with Crippen molar-refractivity contribution in [2.24, 2.45) is 0 Å². The number of amides is 1. The first-order valence-corrected chi connectivity index (χ1v) is 6.98. The molecule has 1 atom stereocenters. The molecule has 19 heavy (non-hydrogen) atoms. The van der Waals surface area contributed by atoms with Crippen LogP contribution in [0.4, 0.5) is 0 Å². The van der Waals surface area contributed by atoms with E-state index in [0.29, 0.717) is 6.54 Å². The van der Waals surface area contributed by atoms with Crippen LogP contribution in [-0.4, -0.2) is 25.2 Å². The Morgan fingerprint density at radius 1 is 1.26 bits per heavy atom. The molecule has 0 aliphatic heterocycles. The summed E-state index contributed by atoms with van der Waals surface area (Å²) in [6, 6.07) is 9.53. The van der Waals surface area contributed by atoms with Gasteiger partial charge in [-0.2, -0.15) is 0 Å². The van der Waals surface area contributed by atoms with Gasteiger partial charge in [0.05, 0.1) is 6.54 Å². The Bertz CT molecular complexity index is 354. The summed E-state index contributed by atoms with van der Waals surface area (Å²) in [6.07, 6.45) is 2.67. The predicted molar refractivity (Wildman–Crippen MR) is 77.1 cm³/mol. The summed E-state index contributed by atoms with van der Waals surface area (Å²) >= 11 is 0. The SMILES string of the molecule is CCCCNCC(=O)NC(CC)Oc1ccccc1. The van der Waals surface area contributed by atoms with Gasteiger partial charge in [-0.1, -0.05) is 38.5 Å². The van der Waals surface area contributed by atoms with Crippen molar-refractivity contribution in [1.29, 1.82) is 0 Å². The molecule has 106 valence electrons. The Hall–Kier alpha value is -1.55. The predicted octanol–water partition coefficient (Wildman–Crippen LogP) is 2.31. The summed E-state index contributed by atoms with van der Waals surface area (Å²) in [7, 11) is 0. The van der Waals surface area contributed by atoms with Crippen LogP contribution < -0.4 is 15.4 Å². The van der Waals surface area contributed by atoms with Crippen LogP contribution in [0.5, 0.6) is 5.75 Å². The quantitative estimate of drug-likeness (QED) is 0.531. The van der Waals surface area contributed by atoms with Gasteiger partial charge in [-0.3, -0.25) is 4.79 Å². The van der Waals surface area contributed by atoms with Gasteiger partial charge >= 0.3 is 0 Å². The Morgan fingerprint density at radius 2 is 2.00 bits per heavy atom. The zero-order chi connectivity index (χ0) is 13.9. The number of hydrogen-bond donors (Lipinski definition) is 2. The lowest BCUT2D eigenvalue weighted by Gasteiger charge is -2.19. The fourth-order valence-electron chi connectivity index (χ4n) is 1.61. The molecule has 4 nitrogen and oxygen atoms in total. The second-order valence-electron chi connectivity index (χ2n) is 4.43. The number of carbonyl (C=O) groups excluding carboxylic acids is 1. The average Bonchev–Trinajstić information content (AvgIpc) is 2.44.